The standard InChI is InChI=1S/C13H18N4O/c1-8(15-2)6-12-16-11-5-4-9(18-3)7-10(11)13(14)17-12/h4-5,7-8,15H,6H2,1-3H3,(H2,14,16,17). The molecule has 0 saturated heterocycles. The first-order valence-corrected chi connectivity index (χ1v) is 5.91. The van der Waals surface area contributed by atoms with Crippen molar-refractivity contribution in [2.45, 2.75) is 19.4 Å². The van der Waals surface area contributed by atoms with E-state index in [2.05, 4.69) is 22.2 Å². The monoisotopic (exact) mass is 246 g/mol. The largest absolute Gasteiger partial charge is 0.497 e. The van der Waals surface area contributed by atoms with Gasteiger partial charge in [-0.15, -0.1) is 0 Å². The maximum absolute atomic E-state index is 5.97. The van der Waals surface area contributed by atoms with Crippen LogP contribution in [0.25, 0.3) is 10.9 Å². The number of likely N-dealkylation sites (N-methyl/N-ethyl adjacent to an activating group) is 1. The van der Waals surface area contributed by atoms with E-state index in [0.29, 0.717) is 11.9 Å². The van der Waals surface area contributed by atoms with E-state index in [9.17, 15) is 0 Å². The number of nitrogens with two attached hydrogens (primary N) is 1. The summed E-state index contributed by atoms with van der Waals surface area (Å²) in [5, 5.41) is 3.99. The van der Waals surface area contributed by atoms with Crippen molar-refractivity contribution >= 4 is 16.7 Å². The lowest BCUT2D eigenvalue weighted by Crippen LogP contribution is -2.24. The van der Waals surface area contributed by atoms with Gasteiger partial charge in [-0.05, 0) is 32.2 Å². The number of aromatic nitrogens is 2. The van der Waals surface area contributed by atoms with Crippen LogP contribution in [0, 0.1) is 0 Å². The number of nitrogens with zero attached hydrogens (tertiary/aromatic N) is 2. The van der Waals surface area contributed by atoms with Gasteiger partial charge in [0.25, 0.3) is 0 Å². The third-order valence-electron chi connectivity index (χ3n) is 2.96. The first-order chi connectivity index (χ1) is 8.63. The molecule has 96 valence electrons. The van der Waals surface area contributed by atoms with E-state index in [0.717, 1.165) is 28.9 Å². The zero-order valence-electron chi connectivity index (χ0n) is 10.9. The van der Waals surface area contributed by atoms with Gasteiger partial charge in [0.05, 0.1) is 12.6 Å². The van der Waals surface area contributed by atoms with Crippen LogP contribution in [-0.4, -0.2) is 30.2 Å². The van der Waals surface area contributed by atoms with Crippen LogP contribution in [0.2, 0.25) is 0 Å². The van der Waals surface area contributed by atoms with Gasteiger partial charge < -0.3 is 15.8 Å². The van der Waals surface area contributed by atoms with Crippen LogP contribution < -0.4 is 15.8 Å². The van der Waals surface area contributed by atoms with Crippen molar-refractivity contribution in [3.63, 3.8) is 0 Å². The molecule has 2 aromatic rings. The van der Waals surface area contributed by atoms with Gasteiger partial charge in [0.2, 0.25) is 0 Å². The molecular formula is C13H18N4O. The number of anilines is 1. The number of fused-ring (bicyclic) bond motifs is 1. The van der Waals surface area contributed by atoms with Crippen LogP contribution in [0.5, 0.6) is 5.75 Å². The molecule has 1 heterocycles. The quantitative estimate of drug-likeness (QED) is 0.852. The lowest BCUT2D eigenvalue weighted by molar-refractivity contribution is 0.415. The highest BCUT2D eigenvalue weighted by Gasteiger charge is 2.09. The fraction of sp³-hybridized carbons (Fsp3) is 0.385. The summed E-state index contributed by atoms with van der Waals surface area (Å²) in [6.07, 6.45) is 0.753. The predicted octanol–water partition coefficient (Wildman–Crippen LogP) is 1.37. The lowest BCUT2D eigenvalue weighted by Gasteiger charge is -2.10. The third kappa shape index (κ3) is 2.51. The highest BCUT2D eigenvalue weighted by atomic mass is 16.5. The molecule has 0 amide bonds. The first-order valence-electron chi connectivity index (χ1n) is 5.91. The molecule has 5 nitrogen and oxygen atoms in total. The van der Waals surface area contributed by atoms with Crippen molar-refractivity contribution in [1.29, 1.82) is 0 Å². The van der Waals surface area contributed by atoms with Gasteiger partial charge in [-0.25, -0.2) is 9.97 Å². The van der Waals surface area contributed by atoms with Crippen molar-refractivity contribution < 1.29 is 4.74 Å². The fourth-order valence-corrected chi connectivity index (χ4v) is 1.78. The molecule has 1 aromatic heterocycles. The average molecular weight is 246 g/mol. The van der Waals surface area contributed by atoms with Gasteiger partial charge in [0, 0.05) is 17.8 Å². The second-order valence-electron chi connectivity index (χ2n) is 4.30. The van der Waals surface area contributed by atoms with Crippen molar-refractivity contribution in [2.75, 3.05) is 19.9 Å². The maximum Gasteiger partial charge on any atom is 0.135 e. The minimum absolute atomic E-state index is 0.320. The Labute approximate surface area is 106 Å². The summed E-state index contributed by atoms with van der Waals surface area (Å²) in [6, 6.07) is 5.95. The lowest BCUT2D eigenvalue weighted by atomic mass is 10.2. The zero-order chi connectivity index (χ0) is 13.1. The average Bonchev–Trinajstić information content (AvgIpc) is 2.38. The molecule has 5 heteroatoms. The van der Waals surface area contributed by atoms with E-state index < -0.39 is 0 Å². The Morgan fingerprint density at radius 2 is 2.17 bits per heavy atom. The molecule has 1 atom stereocenters. The molecule has 1 unspecified atom stereocenters. The number of benzene rings is 1. The Balaban J connectivity index is 2.43. The third-order valence-corrected chi connectivity index (χ3v) is 2.96. The molecule has 0 aliphatic heterocycles. The topological polar surface area (TPSA) is 73.1 Å². The van der Waals surface area contributed by atoms with E-state index in [1.54, 1.807) is 7.11 Å². The summed E-state index contributed by atoms with van der Waals surface area (Å²) in [5.74, 6) is 2.01. The number of ether oxygens (including phenoxy) is 1. The fourth-order valence-electron chi connectivity index (χ4n) is 1.78. The molecule has 0 radical (unpaired) electrons. The van der Waals surface area contributed by atoms with E-state index in [-0.39, 0.29) is 0 Å². The van der Waals surface area contributed by atoms with E-state index in [1.807, 2.05) is 25.2 Å². The molecule has 0 spiro atoms. The smallest absolute Gasteiger partial charge is 0.135 e. The summed E-state index contributed by atoms with van der Waals surface area (Å²) in [6.45, 7) is 2.08. The number of rotatable bonds is 4. The molecule has 0 bridgehead atoms. The summed E-state index contributed by atoms with van der Waals surface area (Å²) >= 11 is 0. The molecule has 0 saturated carbocycles. The molecule has 18 heavy (non-hydrogen) atoms. The predicted molar refractivity (Wildman–Crippen MR) is 72.7 cm³/mol. The minimum Gasteiger partial charge on any atom is -0.497 e. The molecule has 0 aliphatic rings. The Bertz CT molecular complexity index is 556. The van der Waals surface area contributed by atoms with Crippen LogP contribution >= 0.6 is 0 Å². The van der Waals surface area contributed by atoms with Gasteiger partial charge in [-0.3, -0.25) is 0 Å². The SMILES string of the molecule is CNC(C)Cc1nc(N)c2cc(OC)ccc2n1. The van der Waals surface area contributed by atoms with Crippen molar-refractivity contribution in [3.8, 4) is 5.75 Å². The Morgan fingerprint density at radius 3 is 2.83 bits per heavy atom. The highest BCUT2D eigenvalue weighted by Crippen LogP contribution is 2.23. The molecular weight excluding hydrogens is 228 g/mol. The normalized spacial score (nSPS) is 12.6. The molecule has 0 aliphatic carbocycles. The first kappa shape index (κ1) is 12.6. The van der Waals surface area contributed by atoms with E-state index in [1.165, 1.54) is 0 Å². The molecule has 0 fully saturated rings. The number of nitrogen functional groups attached to an aromatic ring is 1. The van der Waals surface area contributed by atoms with Gasteiger partial charge >= 0.3 is 0 Å². The van der Waals surface area contributed by atoms with Gasteiger partial charge in [-0.1, -0.05) is 0 Å². The second-order valence-corrected chi connectivity index (χ2v) is 4.30. The Morgan fingerprint density at radius 1 is 1.39 bits per heavy atom. The van der Waals surface area contributed by atoms with Gasteiger partial charge in [0.15, 0.2) is 0 Å². The molecule has 2 rings (SSSR count). The summed E-state index contributed by atoms with van der Waals surface area (Å²) in [7, 11) is 3.54. The van der Waals surface area contributed by atoms with Crippen LogP contribution in [0.15, 0.2) is 18.2 Å². The zero-order valence-corrected chi connectivity index (χ0v) is 10.9. The second kappa shape index (κ2) is 5.18. The number of nitrogens with one attached hydrogen (secondary N) is 1. The number of hydrogen-bond acceptors (Lipinski definition) is 5. The Hall–Kier alpha value is -1.88. The van der Waals surface area contributed by atoms with Gasteiger partial charge in [-0.2, -0.15) is 0 Å². The van der Waals surface area contributed by atoms with Crippen LogP contribution in [0.4, 0.5) is 5.82 Å². The maximum atomic E-state index is 5.97. The van der Waals surface area contributed by atoms with Crippen LogP contribution in [-0.2, 0) is 6.42 Å². The van der Waals surface area contributed by atoms with E-state index in [4.69, 9.17) is 10.5 Å². The van der Waals surface area contributed by atoms with Crippen LogP contribution in [0.1, 0.15) is 12.7 Å². The van der Waals surface area contributed by atoms with Crippen molar-refractivity contribution in [3.05, 3.63) is 24.0 Å². The summed E-state index contributed by atoms with van der Waals surface area (Å²) < 4.78 is 5.17. The summed E-state index contributed by atoms with van der Waals surface area (Å²) in [4.78, 5) is 8.85. The number of hydrogen-bond donors (Lipinski definition) is 2. The number of methoxy groups -OCH3 is 1. The molecule has 1 aromatic carbocycles. The Kier molecular flexibility index (Phi) is 3.62. The molecule has 3 N–H and O–H groups in total. The van der Waals surface area contributed by atoms with Gasteiger partial charge in [0.1, 0.15) is 17.4 Å². The highest BCUT2D eigenvalue weighted by molar-refractivity contribution is 5.89. The van der Waals surface area contributed by atoms with Crippen molar-refractivity contribution in [2.24, 2.45) is 0 Å². The summed E-state index contributed by atoms with van der Waals surface area (Å²) in [5.41, 5.74) is 6.82. The van der Waals surface area contributed by atoms with Crippen molar-refractivity contribution in [1.82, 2.24) is 15.3 Å². The van der Waals surface area contributed by atoms with Crippen LogP contribution in [0.3, 0.4) is 0 Å². The van der Waals surface area contributed by atoms with E-state index >= 15 is 0 Å². The minimum atomic E-state index is 0.320.